The Bertz CT molecular complexity index is 424. The highest BCUT2D eigenvalue weighted by atomic mass is 28.4. The molecule has 0 amide bonds. The Hall–Kier alpha value is 0.274. The molecule has 0 radical (unpaired) electrons. The molecule has 0 saturated carbocycles. The highest BCUT2D eigenvalue weighted by Gasteiger charge is 2.52. The van der Waals surface area contributed by atoms with Crippen molar-refractivity contribution >= 4 is 16.6 Å². The molecule has 1 aliphatic heterocycles. The Kier molecular flexibility index (Phi) is 6.62. The lowest BCUT2D eigenvalue weighted by atomic mass is 10.1. The van der Waals surface area contributed by atoms with Crippen molar-refractivity contribution in [3.8, 4) is 0 Å². The third-order valence-electron chi connectivity index (χ3n) is 6.20. The van der Waals surface area contributed by atoms with Crippen LogP contribution in [0.2, 0.25) is 36.3 Å². The van der Waals surface area contributed by atoms with Gasteiger partial charge in [-0.05, 0) is 43.2 Å². The number of hydrogen-bond donors (Lipinski definition) is 1. The van der Waals surface area contributed by atoms with Crippen molar-refractivity contribution in [1.29, 1.82) is 0 Å². The van der Waals surface area contributed by atoms with Crippen molar-refractivity contribution in [2.24, 2.45) is 0 Å². The van der Waals surface area contributed by atoms with Crippen LogP contribution in [0.4, 0.5) is 0 Å². The topological polar surface area (TPSA) is 47.9 Å². The molecule has 0 unspecified atom stereocenters. The summed E-state index contributed by atoms with van der Waals surface area (Å²) in [4.78, 5) is 0. The van der Waals surface area contributed by atoms with Crippen LogP contribution in [0.25, 0.3) is 0 Å². The molecule has 4 atom stereocenters. The predicted molar refractivity (Wildman–Crippen MR) is 106 cm³/mol. The number of ether oxygens (including phenoxy) is 1. The molecule has 1 rings (SSSR count). The smallest absolute Gasteiger partial charge is 0.192 e. The minimum absolute atomic E-state index is 0.0268. The van der Waals surface area contributed by atoms with E-state index in [4.69, 9.17) is 13.6 Å². The van der Waals surface area contributed by atoms with E-state index < -0.39 is 16.6 Å². The van der Waals surface area contributed by atoms with Crippen molar-refractivity contribution in [1.82, 2.24) is 0 Å². The molecule has 1 aliphatic rings. The monoisotopic (exact) mass is 376 g/mol. The van der Waals surface area contributed by atoms with Crippen molar-refractivity contribution in [2.45, 2.75) is 109 Å². The van der Waals surface area contributed by atoms with E-state index >= 15 is 0 Å². The number of aliphatic hydroxyl groups is 1. The summed E-state index contributed by atoms with van der Waals surface area (Å²) in [5.41, 5.74) is 0. The molecule has 0 aromatic carbocycles. The molecule has 144 valence electrons. The van der Waals surface area contributed by atoms with Gasteiger partial charge in [-0.1, -0.05) is 41.5 Å². The van der Waals surface area contributed by atoms with E-state index in [0.717, 1.165) is 0 Å². The summed E-state index contributed by atoms with van der Waals surface area (Å²) < 4.78 is 19.3. The van der Waals surface area contributed by atoms with E-state index in [1.54, 1.807) is 0 Å². The summed E-state index contributed by atoms with van der Waals surface area (Å²) in [6.07, 6.45) is -0.674. The first-order chi connectivity index (χ1) is 10.5. The molecular formula is C18H40O4Si2. The summed E-state index contributed by atoms with van der Waals surface area (Å²) in [5, 5.41) is 10.0. The fourth-order valence-electron chi connectivity index (χ4n) is 2.40. The van der Waals surface area contributed by atoms with Gasteiger partial charge in [0.25, 0.3) is 0 Å². The SMILES string of the molecule is C[C@H]1O[C@@H](CO)[C@@H](O[Si](C)(C)C(C)(C)C)[C@@H]1O[Si](C)(C)C(C)(C)C. The van der Waals surface area contributed by atoms with Crippen LogP contribution in [0.5, 0.6) is 0 Å². The first kappa shape index (κ1) is 22.3. The van der Waals surface area contributed by atoms with Gasteiger partial charge in [-0.25, -0.2) is 0 Å². The molecular weight excluding hydrogens is 336 g/mol. The maximum Gasteiger partial charge on any atom is 0.192 e. The molecule has 0 bridgehead atoms. The minimum Gasteiger partial charge on any atom is -0.409 e. The second-order valence-corrected chi connectivity index (χ2v) is 19.8. The summed E-state index contributed by atoms with van der Waals surface area (Å²) in [7, 11) is -3.92. The van der Waals surface area contributed by atoms with Crippen LogP contribution in [0, 0.1) is 0 Å². The van der Waals surface area contributed by atoms with Crippen LogP contribution in [0.15, 0.2) is 0 Å². The van der Waals surface area contributed by atoms with Gasteiger partial charge in [0, 0.05) is 0 Å². The van der Waals surface area contributed by atoms with E-state index in [2.05, 4.69) is 67.7 Å². The standard InChI is InChI=1S/C18H40O4Si2/c1-13-15(21-23(8,9)17(2,3)4)16(14(12-19)20-13)22-24(10,11)18(5,6)7/h13-16,19H,12H2,1-11H3/t13-,14+,15-,16-/m1/s1. The van der Waals surface area contributed by atoms with Gasteiger partial charge >= 0.3 is 0 Å². The lowest BCUT2D eigenvalue weighted by Crippen LogP contribution is -2.54. The maximum atomic E-state index is 9.80. The Morgan fingerprint density at radius 2 is 1.21 bits per heavy atom. The second kappa shape index (κ2) is 7.12. The van der Waals surface area contributed by atoms with E-state index in [1.807, 2.05) is 6.92 Å². The third kappa shape index (κ3) is 4.71. The van der Waals surface area contributed by atoms with Gasteiger partial charge in [0.1, 0.15) is 12.2 Å². The molecule has 24 heavy (non-hydrogen) atoms. The number of aliphatic hydroxyl groups excluding tert-OH is 1. The number of rotatable bonds is 5. The Morgan fingerprint density at radius 3 is 1.54 bits per heavy atom. The van der Waals surface area contributed by atoms with Crippen molar-refractivity contribution in [3.05, 3.63) is 0 Å². The zero-order chi connectivity index (χ0) is 19.1. The molecule has 0 aliphatic carbocycles. The predicted octanol–water partition coefficient (Wildman–Crippen LogP) is 4.55. The van der Waals surface area contributed by atoms with E-state index in [0.29, 0.717) is 0 Å². The van der Waals surface area contributed by atoms with Crippen molar-refractivity contribution in [2.75, 3.05) is 6.61 Å². The van der Waals surface area contributed by atoms with Gasteiger partial charge in [0.2, 0.25) is 0 Å². The molecule has 0 aromatic rings. The van der Waals surface area contributed by atoms with Crippen molar-refractivity contribution in [3.63, 3.8) is 0 Å². The summed E-state index contributed by atoms with van der Waals surface area (Å²) in [6.45, 7) is 24.4. The average Bonchev–Trinajstić information content (AvgIpc) is 2.63. The molecule has 4 nitrogen and oxygen atoms in total. The molecule has 1 heterocycles. The fraction of sp³-hybridized carbons (Fsp3) is 1.00. The first-order valence-corrected chi connectivity index (χ1v) is 15.0. The molecule has 0 spiro atoms. The van der Waals surface area contributed by atoms with Crippen LogP contribution in [0.3, 0.4) is 0 Å². The lowest BCUT2D eigenvalue weighted by molar-refractivity contribution is -0.0138. The van der Waals surface area contributed by atoms with Gasteiger partial charge in [-0.15, -0.1) is 0 Å². The fourth-order valence-corrected chi connectivity index (χ4v) is 5.08. The van der Waals surface area contributed by atoms with Gasteiger partial charge in [-0.2, -0.15) is 0 Å². The third-order valence-corrected chi connectivity index (χ3v) is 15.1. The summed E-state index contributed by atoms with van der Waals surface area (Å²) in [5.74, 6) is 0. The highest BCUT2D eigenvalue weighted by molar-refractivity contribution is 6.74. The highest BCUT2D eigenvalue weighted by Crippen LogP contribution is 2.43. The van der Waals surface area contributed by atoms with Crippen LogP contribution in [0.1, 0.15) is 48.5 Å². The van der Waals surface area contributed by atoms with Gasteiger partial charge in [-0.3, -0.25) is 0 Å². The van der Waals surface area contributed by atoms with Gasteiger partial charge < -0.3 is 18.7 Å². The molecule has 1 saturated heterocycles. The van der Waals surface area contributed by atoms with Crippen molar-refractivity contribution < 1.29 is 18.7 Å². The normalized spacial score (nSPS) is 30.0. The van der Waals surface area contributed by atoms with E-state index in [9.17, 15) is 5.11 Å². The summed E-state index contributed by atoms with van der Waals surface area (Å²) in [6, 6.07) is 0. The molecule has 1 fully saturated rings. The second-order valence-electron chi connectivity index (χ2n) is 10.2. The number of hydrogen-bond acceptors (Lipinski definition) is 4. The first-order valence-electron chi connectivity index (χ1n) is 9.15. The lowest BCUT2D eigenvalue weighted by Gasteiger charge is -2.44. The zero-order valence-electron chi connectivity index (χ0n) is 17.7. The van der Waals surface area contributed by atoms with Crippen LogP contribution in [-0.4, -0.2) is 52.8 Å². The van der Waals surface area contributed by atoms with Crippen LogP contribution < -0.4 is 0 Å². The van der Waals surface area contributed by atoms with Gasteiger partial charge in [0.05, 0.1) is 18.8 Å². The quantitative estimate of drug-likeness (QED) is 0.715. The average molecular weight is 377 g/mol. The largest absolute Gasteiger partial charge is 0.409 e. The summed E-state index contributed by atoms with van der Waals surface area (Å²) >= 11 is 0. The van der Waals surface area contributed by atoms with E-state index in [-0.39, 0.29) is 41.1 Å². The molecule has 1 N–H and O–H groups in total. The van der Waals surface area contributed by atoms with Crippen LogP contribution in [-0.2, 0) is 13.6 Å². The Balaban J connectivity index is 3.08. The molecule has 0 aromatic heterocycles. The zero-order valence-corrected chi connectivity index (χ0v) is 19.7. The van der Waals surface area contributed by atoms with Gasteiger partial charge in [0.15, 0.2) is 16.6 Å². The maximum absolute atomic E-state index is 9.80. The Morgan fingerprint density at radius 1 is 0.833 bits per heavy atom. The Labute approximate surface area is 151 Å². The van der Waals surface area contributed by atoms with E-state index in [1.165, 1.54) is 0 Å². The minimum atomic E-state index is -1.98. The molecule has 6 heteroatoms. The van der Waals surface area contributed by atoms with Crippen LogP contribution >= 0.6 is 0 Å².